The highest BCUT2D eigenvalue weighted by molar-refractivity contribution is 5.87. The molecular weight excluding hydrogens is 424 g/mol. The van der Waals surface area contributed by atoms with Gasteiger partial charge in [0.05, 0.1) is 7.11 Å². The molecule has 0 aliphatic heterocycles. The Morgan fingerprint density at radius 1 is 0.912 bits per heavy atom. The first-order chi connectivity index (χ1) is 16.5. The molecule has 178 valence electrons. The number of methoxy groups -OCH3 is 1. The minimum Gasteiger partial charge on any atom is -0.497 e. The van der Waals surface area contributed by atoms with Crippen LogP contribution in [-0.4, -0.2) is 36.4 Å². The van der Waals surface area contributed by atoms with E-state index in [-0.39, 0.29) is 24.2 Å². The number of carbonyl (C=O) groups is 2. The molecule has 0 heterocycles. The van der Waals surface area contributed by atoms with E-state index in [1.165, 1.54) is 0 Å². The number of carbonyl (C=O) groups excluding carboxylic acids is 2. The van der Waals surface area contributed by atoms with Crippen molar-refractivity contribution in [3.63, 3.8) is 0 Å². The number of nitrogens with one attached hydrogen (secondary N) is 1. The second kappa shape index (κ2) is 12.6. The van der Waals surface area contributed by atoms with Crippen LogP contribution >= 0.6 is 0 Å². The summed E-state index contributed by atoms with van der Waals surface area (Å²) < 4.78 is 5.36. The molecule has 0 saturated heterocycles. The van der Waals surface area contributed by atoms with Crippen molar-refractivity contribution in [1.29, 1.82) is 0 Å². The molecule has 1 atom stereocenters. The first kappa shape index (κ1) is 25.0. The Bertz CT molecular complexity index is 1010. The quantitative estimate of drug-likeness (QED) is 0.432. The van der Waals surface area contributed by atoms with E-state index >= 15 is 0 Å². The number of benzene rings is 3. The largest absolute Gasteiger partial charge is 0.497 e. The highest BCUT2D eigenvalue weighted by Crippen LogP contribution is 2.29. The van der Waals surface area contributed by atoms with Gasteiger partial charge in [0.1, 0.15) is 11.8 Å². The summed E-state index contributed by atoms with van der Waals surface area (Å²) in [5.74, 6) is 0.404. The lowest BCUT2D eigenvalue weighted by Crippen LogP contribution is -2.48. The molecule has 34 heavy (non-hydrogen) atoms. The standard InChI is InChI=1S/C29H34N2O3/c1-4-18-30-29(33)22(2)31(21-23-12-11-17-26(19-23)34-3)28(32)20-27(24-13-7-5-8-14-24)25-15-9-6-10-16-25/h5-17,19,22,27H,4,18,20-21H2,1-3H3,(H,30,33)/t22-/m0/s1. The van der Waals surface area contributed by atoms with Gasteiger partial charge in [-0.15, -0.1) is 0 Å². The van der Waals surface area contributed by atoms with Gasteiger partial charge in [-0.3, -0.25) is 9.59 Å². The third-order valence-electron chi connectivity index (χ3n) is 5.99. The molecule has 0 spiro atoms. The van der Waals surface area contributed by atoms with E-state index in [1.807, 2.05) is 67.6 Å². The Balaban J connectivity index is 1.91. The summed E-state index contributed by atoms with van der Waals surface area (Å²) in [5, 5.41) is 2.93. The number of hydrogen-bond donors (Lipinski definition) is 1. The summed E-state index contributed by atoms with van der Waals surface area (Å²) in [6, 6.07) is 27.1. The van der Waals surface area contributed by atoms with Gasteiger partial charge >= 0.3 is 0 Å². The molecular formula is C29H34N2O3. The Labute approximate surface area is 202 Å². The van der Waals surface area contributed by atoms with Gasteiger partial charge in [0, 0.05) is 25.4 Å². The van der Waals surface area contributed by atoms with Crippen LogP contribution in [0.25, 0.3) is 0 Å². The first-order valence-electron chi connectivity index (χ1n) is 11.8. The Hall–Kier alpha value is -3.60. The molecule has 3 aromatic carbocycles. The van der Waals surface area contributed by atoms with Gasteiger partial charge in [0.15, 0.2) is 0 Å². The van der Waals surface area contributed by atoms with Crippen LogP contribution in [0.4, 0.5) is 0 Å². The van der Waals surface area contributed by atoms with E-state index in [0.717, 1.165) is 28.9 Å². The number of amides is 2. The molecule has 0 saturated carbocycles. The van der Waals surface area contributed by atoms with Gasteiger partial charge in [-0.05, 0) is 42.2 Å². The van der Waals surface area contributed by atoms with Gasteiger partial charge in [-0.2, -0.15) is 0 Å². The van der Waals surface area contributed by atoms with Crippen LogP contribution in [0.2, 0.25) is 0 Å². The second-order valence-electron chi connectivity index (χ2n) is 8.42. The lowest BCUT2D eigenvalue weighted by atomic mass is 9.88. The van der Waals surface area contributed by atoms with Crippen LogP contribution < -0.4 is 10.1 Å². The lowest BCUT2D eigenvalue weighted by Gasteiger charge is -2.30. The number of rotatable bonds is 11. The van der Waals surface area contributed by atoms with E-state index in [0.29, 0.717) is 13.1 Å². The molecule has 3 rings (SSSR count). The maximum absolute atomic E-state index is 13.8. The molecule has 1 N–H and O–H groups in total. The predicted octanol–water partition coefficient (Wildman–Crippen LogP) is 5.16. The van der Waals surface area contributed by atoms with Crippen LogP contribution in [0, 0.1) is 0 Å². The number of hydrogen-bond acceptors (Lipinski definition) is 3. The van der Waals surface area contributed by atoms with Crippen LogP contribution in [0.15, 0.2) is 84.9 Å². The third-order valence-corrected chi connectivity index (χ3v) is 5.99. The van der Waals surface area contributed by atoms with Crippen LogP contribution in [0.1, 0.15) is 49.3 Å². The maximum Gasteiger partial charge on any atom is 0.242 e. The maximum atomic E-state index is 13.8. The normalized spacial score (nSPS) is 11.6. The van der Waals surface area contributed by atoms with Gasteiger partial charge < -0.3 is 15.0 Å². The molecule has 0 bridgehead atoms. The van der Waals surface area contributed by atoms with Crippen molar-refractivity contribution in [3.05, 3.63) is 102 Å². The van der Waals surface area contributed by atoms with E-state index < -0.39 is 6.04 Å². The molecule has 2 amide bonds. The third kappa shape index (κ3) is 6.70. The molecule has 0 fully saturated rings. The van der Waals surface area contributed by atoms with Crippen molar-refractivity contribution < 1.29 is 14.3 Å². The fourth-order valence-corrected chi connectivity index (χ4v) is 4.04. The molecule has 3 aromatic rings. The molecule has 0 aliphatic rings. The summed E-state index contributed by atoms with van der Waals surface area (Å²) >= 11 is 0. The summed E-state index contributed by atoms with van der Waals surface area (Å²) in [6.07, 6.45) is 1.11. The second-order valence-corrected chi connectivity index (χ2v) is 8.42. The molecule has 0 unspecified atom stereocenters. The average Bonchev–Trinajstić information content (AvgIpc) is 2.89. The summed E-state index contributed by atoms with van der Waals surface area (Å²) in [5.41, 5.74) is 3.07. The van der Waals surface area contributed by atoms with Gasteiger partial charge in [0.25, 0.3) is 0 Å². The van der Waals surface area contributed by atoms with Gasteiger partial charge in [-0.25, -0.2) is 0 Å². The smallest absolute Gasteiger partial charge is 0.242 e. The van der Waals surface area contributed by atoms with Crippen LogP contribution in [-0.2, 0) is 16.1 Å². The summed E-state index contributed by atoms with van der Waals surface area (Å²) in [6.45, 7) is 4.71. The zero-order chi connectivity index (χ0) is 24.3. The zero-order valence-corrected chi connectivity index (χ0v) is 20.2. The minimum atomic E-state index is -0.600. The Morgan fingerprint density at radius 3 is 2.09 bits per heavy atom. The van der Waals surface area contributed by atoms with Crippen molar-refractivity contribution in [1.82, 2.24) is 10.2 Å². The van der Waals surface area contributed by atoms with E-state index in [4.69, 9.17) is 4.74 Å². The van der Waals surface area contributed by atoms with Crippen molar-refractivity contribution in [2.24, 2.45) is 0 Å². The Kier molecular flexibility index (Phi) is 9.27. The van der Waals surface area contributed by atoms with E-state index in [9.17, 15) is 9.59 Å². The van der Waals surface area contributed by atoms with E-state index in [1.54, 1.807) is 18.9 Å². The molecule has 0 aliphatic carbocycles. The minimum absolute atomic E-state index is 0.0697. The molecule has 5 nitrogen and oxygen atoms in total. The molecule has 5 heteroatoms. The van der Waals surface area contributed by atoms with Crippen molar-refractivity contribution in [2.45, 2.75) is 45.2 Å². The average molecular weight is 459 g/mol. The van der Waals surface area contributed by atoms with Gasteiger partial charge in [0.2, 0.25) is 11.8 Å². The molecule has 0 radical (unpaired) electrons. The lowest BCUT2D eigenvalue weighted by molar-refractivity contribution is -0.140. The first-order valence-corrected chi connectivity index (χ1v) is 11.8. The fourth-order valence-electron chi connectivity index (χ4n) is 4.04. The van der Waals surface area contributed by atoms with Crippen LogP contribution in [0.3, 0.4) is 0 Å². The summed E-state index contributed by atoms with van der Waals surface area (Å²) in [7, 11) is 1.62. The predicted molar refractivity (Wildman–Crippen MR) is 136 cm³/mol. The Morgan fingerprint density at radius 2 is 1.53 bits per heavy atom. The number of ether oxygens (including phenoxy) is 1. The van der Waals surface area contributed by atoms with Crippen LogP contribution in [0.5, 0.6) is 5.75 Å². The van der Waals surface area contributed by atoms with Gasteiger partial charge in [-0.1, -0.05) is 79.7 Å². The molecule has 0 aromatic heterocycles. The van der Waals surface area contributed by atoms with Crippen molar-refractivity contribution >= 4 is 11.8 Å². The summed E-state index contributed by atoms with van der Waals surface area (Å²) in [4.78, 5) is 28.3. The number of nitrogens with zero attached hydrogens (tertiary/aromatic N) is 1. The fraction of sp³-hybridized carbons (Fsp3) is 0.310. The zero-order valence-electron chi connectivity index (χ0n) is 20.2. The van der Waals surface area contributed by atoms with Crippen molar-refractivity contribution in [2.75, 3.05) is 13.7 Å². The SMILES string of the molecule is CCCNC(=O)[C@H](C)N(Cc1cccc(OC)c1)C(=O)CC(c1ccccc1)c1ccccc1. The monoisotopic (exact) mass is 458 g/mol. The van der Waals surface area contributed by atoms with Crippen molar-refractivity contribution in [3.8, 4) is 5.75 Å². The topological polar surface area (TPSA) is 58.6 Å². The van der Waals surface area contributed by atoms with E-state index in [2.05, 4.69) is 29.6 Å². The highest BCUT2D eigenvalue weighted by Gasteiger charge is 2.29. The highest BCUT2D eigenvalue weighted by atomic mass is 16.5.